The summed E-state index contributed by atoms with van der Waals surface area (Å²) in [5.74, 6) is 0.372. The van der Waals surface area contributed by atoms with Gasteiger partial charge >= 0.3 is 0 Å². The molecule has 2 aromatic heterocycles. The lowest BCUT2D eigenvalue weighted by Crippen LogP contribution is -2.52. The van der Waals surface area contributed by atoms with E-state index in [9.17, 15) is 9.59 Å². The van der Waals surface area contributed by atoms with Gasteiger partial charge in [0.05, 0.1) is 11.7 Å². The molecular weight excluding hydrogens is 421 g/mol. The second-order valence-corrected chi connectivity index (χ2v) is 8.79. The maximum Gasteiger partial charge on any atom is 0.260 e. The van der Waals surface area contributed by atoms with Crippen molar-refractivity contribution in [3.63, 3.8) is 0 Å². The third-order valence-electron chi connectivity index (χ3n) is 6.77. The SMILES string of the molecule is CC1C(=O)N(C)c2ccc(N3C(=O)c4cccc(F)c4C3c3cccnc3)nc2N1C1CC1. The monoisotopic (exact) mass is 443 g/mol. The van der Waals surface area contributed by atoms with Crippen LogP contribution in [-0.4, -0.2) is 40.9 Å². The summed E-state index contributed by atoms with van der Waals surface area (Å²) in [6.45, 7) is 1.89. The maximum atomic E-state index is 15.0. The Morgan fingerprint density at radius 1 is 1.06 bits per heavy atom. The van der Waals surface area contributed by atoms with E-state index < -0.39 is 11.9 Å². The van der Waals surface area contributed by atoms with Gasteiger partial charge in [-0.05, 0) is 55.7 Å². The van der Waals surface area contributed by atoms with E-state index in [-0.39, 0.29) is 23.9 Å². The Bertz CT molecular complexity index is 1290. The Morgan fingerprint density at radius 2 is 1.88 bits per heavy atom. The summed E-state index contributed by atoms with van der Waals surface area (Å²) in [7, 11) is 1.74. The molecule has 0 N–H and O–H groups in total. The van der Waals surface area contributed by atoms with E-state index in [1.165, 1.54) is 11.0 Å². The Hall–Kier alpha value is -3.81. The summed E-state index contributed by atoms with van der Waals surface area (Å²) < 4.78 is 15.0. The molecule has 2 aliphatic heterocycles. The first kappa shape index (κ1) is 19.8. The Balaban J connectivity index is 1.53. The molecule has 2 amide bonds. The number of carbonyl (C=O) groups is 2. The maximum absolute atomic E-state index is 15.0. The van der Waals surface area contributed by atoms with Crippen molar-refractivity contribution in [3.05, 3.63) is 77.4 Å². The van der Waals surface area contributed by atoms with Crippen LogP contribution in [0.4, 0.5) is 21.7 Å². The number of pyridine rings is 2. The number of hydrogen-bond donors (Lipinski definition) is 0. The topological polar surface area (TPSA) is 69.6 Å². The number of fused-ring (bicyclic) bond motifs is 2. The number of amides is 2. The molecule has 0 spiro atoms. The number of carbonyl (C=O) groups excluding carboxylic acids is 2. The van der Waals surface area contributed by atoms with Crippen LogP contribution < -0.4 is 14.7 Å². The zero-order valence-electron chi connectivity index (χ0n) is 18.3. The average Bonchev–Trinajstić information content (AvgIpc) is 3.61. The van der Waals surface area contributed by atoms with E-state index in [1.807, 2.05) is 19.1 Å². The van der Waals surface area contributed by atoms with E-state index in [0.717, 1.165) is 12.8 Å². The molecule has 3 aromatic rings. The first-order valence-corrected chi connectivity index (χ1v) is 11.1. The minimum absolute atomic E-state index is 0.0175. The van der Waals surface area contributed by atoms with Gasteiger partial charge in [-0.25, -0.2) is 9.37 Å². The molecule has 4 heterocycles. The van der Waals surface area contributed by atoms with E-state index >= 15 is 4.39 Å². The lowest BCUT2D eigenvalue weighted by molar-refractivity contribution is -0.119. The normalized spacial score (nSPS) is 22.0. The summed E-state index contributed by atoms with van der Waals surface area (Å²) in [4.78, 5) is 40.6. The molecule has 0 saturated heterocycles. The molecule has 6 rings (SSSR count). The predicted octanol–water partition coefficient (Wildman–Crippen LogP) is 3.70. The highest BCUT2D eigenvalue weighted by atomic mass is 19.1. The van der Waals surface area contributed by atoms with Gasteiger partial charge in [-0.2, -0.15) is 0 Å². The van der Waals surface area contributed by atoms with Gasteiger partial charge in [-0.1, -0.05) is 12.1 Å². The van der Waals surface area contributed by atoms with Crippen LogP contribution in [0.15, 0.2) is 54.9 Å². The second kappa shape index (κ2) is 7.10. The smallest absolute Gasteiger partial charge is 0.260 e. The molecule has 166 valence electrons. The fourth-order valence-electron chi connectivity index (χ4n) is 5.03. The van der Waals surface area contributed by atoms with Gasteiger partial charge in [0.1, 0.15) is 17.7 Å². The molecule has 0 radical (unpaired) electrons. The van der Waals surface area contributed by atoms with Crippen LogP contribution >= 0.6 is 0 Å². The molecule has 0 bridgehead atoms. The average molecular weight is 443 g/mol. The quantitative estimate of drug-likeness (QED) is 0.618. The molecule has 2 unspecified atom stereocenters. The van der Waals surface area contributed by atoms with Crippen molar-refractivity contribution >= 4 is 29.1 Å². The number of anilines is 3. The van der Waals surface area contributed by atoms with Gasteiger partial charge < -0.3 is 9.80 Å². The van der Waals surface area contributed by atoms with Crippen LogP contribution in [0.1, 0.15) is 47.3 Å². The molecule has 7 nitrogen and oxygen atoms in total. The summed E-state index contributed by atoms with van der Waals surface area (Å²) >= 11 is 0. The second-order valence-electron chi connectivity index (χ2n) is 8.79. The minimum Gasteiger partial charge on any atom is -0.340 e. The molecular formula is C25H22FN5O2. The summed E-state index contributed by atoms with van der Waals surface area (Å²) in [6, 6.07) is 11.0. The lowest BCUT2D eigenvalue weighted by Gasteiger charge is -2.40. The molecule has 1 fully saturated rings. The van der Waals surface area contributed by atoms with Crippen molar-refractivity contribution in [1.82, 2.24) is 9.97 Å². The number of likely N-dealkylation sites (N-methyl/N-ethyl adjacent to an activating group) is 1. The number of aromatic nitrogens is 2. The van der Waals surface area contributed by atoms with Crippen LogP contribution in [0, 0.1) is 5.82 Å². The largest absolute Gasteiger partial charge is 0.340 e. The number of rotatable bonds is 3. The van der Waals surface area contributed by atoms with Gasteiger partial charge in [-0.15, -0.1) is 0 Å². The summed E-state index contributed by atoms with van der Waals surface area (Å²) in [6.07, 6.45) is 5.30. The van der Waals surface area contributed by atoms with Gasteiger partial charge in [0.2, 0.25) is 5.91 Å². The third-order valence-corrected chi connectivity index (χ3v) is 6.77. The van der Waals surface area contributed by atoms with Gasteiger partial charge in [0, 0.05) is 36.6 Å². The predicted molar refractivity (Wildman–Crippen MR) is 122 cm³/mol. The highest BCUT2D eigenvalue weighted by molar-refractivity contribution is 6.12. The number of benzene rings is 1. The van der Waals surface area contributed by atoms with Crippen LogP contribution in [0.5, 0.6) is 0 Å². The van der Waals surface area contributed by atoms with Gasteiger partial charge in [0.25, 0.3) is 5.91 Å². The number of nitrogens with zero attached hydrogens (tertiary/aromatic N) is 5. The van der Waals surface area contributed by atoms with Crippen molar-refractivity contribution in [2.24, 2.45) is 0 Å². The third kappa shape index (κ3) is 2.86. The highest BCUT2D eigenvalue weighted by Gasteiger charge is 2.45. The molecule has 3 aliphatic rings. The highest BCUT2D eigenvalue weighted by Crippen LogP contribution is 2.46. The fraction of sp³-hybridized carbons (Fsp3) is 0.280. The van der Waals surface area contributed by atoms with E-state index in [1.54, 1.807) is 48.6 Å². The molecule has 1 saturated carbocycles. The van der Waals surface area contributed by atoms with Crippen molar-refractivity contribution < 1.29 is 14.0 Å². The first-order valence-electron chi connectivity index (χ1n) is 11.1. The molecule has 33 heavy (non-hydrogen) atoms. The van der Waals surface area contributed by atoms with E-state index in [0.29, 0.717) is 34.0 Å². The molecule has 1 aromatic carbocycles. The van der Waals surface area contributed by atoms with Crippen molar-refractivity contribution in [3.8, 4) is 0 Å². The minimum atomic E-state index is -0.678. The summed E-state index contributed by atoms with van der Waals surface area (Å²) in [5.41, 5.74) is 2.06. The standard InChI is InChI=1S/C25H22FN5O2/c1-14-24(32)29(2)19-10-11-20(28-23(19)30(14)16-8-9-16)31-22(15-5-4-12-27-13-15)21-17(25(31)33)6-3-7-18(21)26/h3-7,10-14,16,22H,8-9H2,1-2H3. The van der Waals surface area contributed by atoms with Gasteiger partial charge in [-0.3, -0.25) is 19.5 Å². The van der Waals surface area contributed by atoms with Crippen molar-refractivity contribution in [1.29, 1.82) is 0 Å². The summed E-state index contributed by atoms with van der Waals surface area (Å²) in [5, 5.41) is 0. The van der Waals surface area contributed by atoms with Crippen LogP contribution in [-0.2, 0) is 4.79 Å². The molecule has 1 aliphatic carbocycles. The fourth-order valence-corrected chi connectivity index (χ4v) is 5.03. The first-order chi connectivity index (χ1) is 16.0. The Labute approximate surface area is 190 Å². The van der Waals surface area contributed by atoms with Crippen molar-refractivity contribution in [2.75, 3.05) is 21.7 Å². The molecule has 8 heteroatoms. The zero-order valence-corrected chi connectivity index (χ0v) is 18.3. The number of hydrogen-bond acceptors (Lipinski definition) is 5. The van der Waals surface area contributed by atoms with Crippen LogP contribution in [0.25, 0.3) is 0 Å². The van der Waals surface area contributed by atoms with E-state index in [2.05, 4.69) is 9.88 Å². The Kier molecular flexibility index (Phi) is 4.27. The van der Waals surface area contributed by atoms with Crippen molar-refractivity contribution in [2.45, 2.75) is 37.9 Å². The van der Waals surface area contributed by atoms with Gasteiger partial charge in [0.15, 0.2) is 5.82 Å². The number of halogens is 1. The van der Waals surface area contributed by atoms with E-state index in [4.69, 9.17) is 4.98 Å². The van der Waals surface area contributed by atoms with Crippen LogP contribution in [0.3, 0.4) is 0 Å². The lowest BCUT2D eigenvalue weighted by atomic mass is 9.98. The van der Waals surface area contributed by atoms with Crippen LogP contribution in [0.2, 0.25) is 0 Å². The Morgan fingerprint density at radius 3 is 2.61 bits per heavy atom. The molecule has 2 atom stereocenters. The zero-order chi connectivity index (χ0) is 22.9.